The van der Waals surface area contributed by atoms with Gasteiger partial charge in [-0.25, -0.2) is 0 Å². The minimum Gasteiger partial charge on any atom is -0.368 e. The number of benzene rings is 2. The zero-order chi connectivity index (χ0) is 18.6. The van der Waals surface area contributed by atoms with Crippen molar-refractivity contribution in [2.24, 2.45) is 0 Å². The normalized spacial score (nSPS) is 18.4. The molecule has 1 fully saturated rings. The van der Waals surface area contributed by atoms with Gasteiger partial charge < -0.3 is 15.0 Å². The average molecular weight is 364 g/mol. The van der Waals surface area contributed by atoms with Crippen LogP contribution in [-0.2, 0) is 27.2 Å². The number of rotatable bonds is 5. The van der Waals surface area contributed by atoms with E-state index in [1.165, 1.54) is 0 Å². The third kappa shape index (κ3) is 4.03. The maximum absolute atomic E-state index is 12.7. The number of fused-ring (bicyclic) bond motifs is 1. The number of hydrogen-bond donors (Lipinski definition) is 1. The third-order valence-electron chi connectivity index (χ3n) is 5.22. The first-order chi connectivity index (χ1) is 13.2. The van der Waals surface area contributed by atoms with E-state index in [4.69, 9.17) is 4.74 Å². The maximum atomic E-state index is 12.7. The van der Waals surface area contributed by atoms with Crippen LogP contribution in [0, 0.1) is 0 Å². The van der Waals surface area contributed by atoms with Crippen molar-refractivity contribution in [2.45, 2.75) is 38.2 Å². The number of carbonyl (C=O) groups is 2. The van der Waals surface area contributed by atoms with E-state index in [1.54, 1.807) is 0 Å². The molecule has 1 atom stereocenters. The molecule has 4 rings (SSSR count). The smallest absolute Gasteiger partial charge is 0.256 e. The van der Waals surface area contributed by atoms with Gasteiger partial charge in [0.2, 0.25) is 5.91 Å². The van der Waals surface area contributed by atoms with Gasteiger partial charge in [0.05, 0.1) is 0 Å². The largest absolute Gasteiger partial charge is 0.368 e. The lowest BCUT2D eigenvalue weighted by Gasteiger charge is -2.21. The molecule has 0 spiro atoms. The Hall–Kier alpha value is -2.66. The van der Waals surface area contributed by atoms with Crippen molar-refractivity contribution in [3.63, 3.8) is 0 Å². The molecule has 27 heavy (non-hydrogen) atoms. The highest BCUT2D eigenvalue weighted by atomic mass is 16.5. The molecule has 1 unspecified atom stereocenters. The summed E-state index contributed by atoms with van der Waals surface area (Å²) in [6, 6.07) is 15.8. The van der Waals surface area contributed by atoms with E-state index in [2.05, 4.69) is 5.32 Å². The highest BCUT2D eigenvalue weighted by molar-refractivity contribution is 6.00. The van der Waals surface area contributed by atoms with E-state index in [9.17, 15) is 9.59 Å². The molecule has 5 heteroatoms. The number of anilines is 2. The average Bonchev–Trinajstić information content (AvgIpc) is 3.36. The Bertz CT molecular complexity index is 829. The Balaban J connectivity index is 1.40. The van der Waals surface area contributed by atoms with Crippen molar-refractivity contribution in [1.29, 1.82) is 0 Å². The van der Waals surface area contributed by atoms with Crippen molar-refractivity contribution in [3.05, 3.63) is 59.7 Å². The molecular weight excluding hydrogens is 340 g/mol. The Kier molecular flexibility index (Phi) is 5.21. The first-order valence-corrected chi connectivity index (χ1v) is 9.60. The minimum atomic E-state index is -0.319. The number of aryl methyl sites for hydroxylation is 1. The van der Waals surface area contributed by atoms with E-state index in [-0.39, 0.29) is 17.9 Å². The molecule has 0 bridgehead atoms. The molecule has 2 aliphatic rings. The first kappa shape index (κ1) is 17.7. The van der Waals surface area contributed by atoms with Crippen LogP contribution in [0.2, 0.25) is 0 Å². The maximum Gasteiger partial charge on any atom is 0.256 e. The molecule has 1 saturated heterocycles. The van der Waals surface area contributed by atoms with Crippen LogP contribution < -0.4 is 10.2 Å². The second-order valence-electron chi connectivity index (χ2n) is 7.12. The van der Waals surface area contributed by atoms with Gasteiger partial charge in [0.25, 0.3) is 5.91 Å². The molecule has 0 radical (unpaired) electrons. The Morgan fingerprint density at radius 3 is 2.78 bits per heavy atom. The van der Waals surface area contributed by atoms with E-state index in [1.807, 2.05) is 53.4 Å². The quantitative estimate of drug-likeness (QED) is 0.885. The van der Waals surface area contributed by atoms with Crippen LogP contribution in [0.15, 0.2) is 48.5 Å². The molecule has 2 amide bonds. The van der Waals surface area contributed by atoms with Gasteiger partial charge in [-0.15, -0.1) is 0 Å². The van der Waals surface area contributed by atoms with Crippen LogP contribution in [0.25, 0.3) is 0 Å². The van der Waals surface area contributed by atoms with Crippen LogP contribution >= 0.6 is 0 Å². The standard InChI is InChI=1S/C22H24N2O3/c25-21(11-8-16-5-2-1-3-6-16)23-18-10-9-17-12-13-24(19(17)15-18)22(26)20-7-4-14-27-20/h1-3,5-6,9-10,15,20H,4,7-8,11-14H2,(H,23,25). The lowest BCUT2D eigenvalue weighted by molar-refractivity contribution is -0.127. The van der Waals surface area contributed by atoms with E-state index >= 15 is 0 Å². The lowest BCUT2D eigenvalue weighted by Crippen LogP contribution is -2.37. The fourth-order valence-electron chi connectivity index (χ4n) is 3.76. The number of ether oxygens (including phenoxy) is 1. The number of carbonyl (C=O) groups excluding carboxylic acids is 2. The fraction of sp³-hybridized carbons (Fsp3) is 0.364. The van der Waals surface area contributed by atoms with Crippen LogP contribution in [0.3, 0.4) is 0 Å². The lowest BCUT2D eigenvalue weighted by atomic mass is 10.1. The van der Waals surface area contributed by atoms with Gasteiger partial charge in [-0.3, -0.25) is 9.59 Å². The summed E-state index contributed by atoms with van der Waals surface area (Å²) in [7, 11) is 0. The molecule has 2 aliphatic heterocycles. The molecule has 0 aliphatic carbocycles. The highest BCUT2D eigenvalue weighted by Gasteiger charge is 2.32. The molecule has 0 aromatic heterocycles. The number of nitrogens with one attached hydrogen (secondary N) is 1. The summed E-state index contributed by atoms with van der Waals surface area (Å²) in [4.78, 5) is 26.8. The SMILES string of the molecule is O=C(CCc1ccccc1)Nc1ccc2c(c1)N(C(=O)C1CCCO1)CC2. The minimum absolute atomic E-state index is 0.0196. The summed E-state index contributed by atoms with van der Waals surface area (Å²) in [5.74, 6) is 0.0209. The molecule has 140 valence electrons. The zero-order valence-electron chi connectivity index (χ0n) is 15.3. The summed E-state index contributed by atoms with van der Waals surface area (Å²) >= 11 is 0. The van der Waals surface area contributed by atoms with Gasteiger partial charge in [-0.1, -0.05) is 36.4 Å². The topological polar surface area (TPSA) is 58.6 Å². The highest BCUT2D eigenvalue weighted by Crippen LogP contribution is 2.32. The van der Waals surface area contributed by atoms with E-state index < -0.39 is 0 Å². The van der Waals surface area contributed by atoms with Crippen molar-refractivity contribution >= 4 is 23.2 Å². The van der Waals surface area contributed by atoms with Gasteiger partial charge in [0.15, 0.2) is 0 Å². The molecule has 2 aromatic carbocycles. The molecule has 0 saturated carbocycles. The van der Waals surface area contributed by atoms with Crippen molar-refractivity contribution in [2.75, 3.05) is 23.4 Å². The van der Waals surface area contributed by atoms with Gasteiger partial charge in [-0.2, -0.15) is 0 Å². The third-order valence-corrected chi connectivity index (χ3v) is 5.22. The van der Waals surface area contributed by atoms with Gasteiger partial charge in [0, 0.05) is 30.9 Å². The van der Waals surface area contributed by atoms with Gasteiger partial charge >= 0.3 is 0 Å². The van der Waals surface area contributed by atoms with Crippen molar-refractivity contribution in [1.82, 2.24) is 0 Å². The van der Waals surface area contributed by atoms with Gasteiger partial charge in [0.1, 0.15) is 6.10 Å². The molecule has 1 N–H and O–H groups in total. The number of hydrogen-bond acceptors (Lipinski definition) is 3. The van der Waals surface area contributed by atoms with E-state index in [0.717, 1.165) is 41.8 Å². The number of amides is 2. The predicted octanol–water partition coefficient (Wildman–Crippen LogP) is 3.33. The van der Waals surface area contributed by atoms with Gasteiger partial charge in [-0.05, 0) is 48.9 Å². The monoisotopic (exact) mass is 364 g/mol. The van der Waals surface area contributed by atoms with Crippen molar-refractivity contribution in [3.8, 4) is 0 Å². The Morgan fingerprint density at radius 1 is 1.15 bits per heavy atom. The number of nitrogens with zero attached hydrogens (tertiary/aromatic N) is 1. The zero-order valence-corrected chi connectivity index (χ0v) is 15.3. The second-order valence-corrected chi connectivity index (χ2v) is 7.12. The molecule has 5 nitrogen and oxygen atoms in total. The van der Waals surface area contributed by atoms with Crippen LogP contribution in [0.5, 0.6) is 0 Å². The Labute approximate surface area is 159 Å². The van der Waals surface area contributed by atoms with Crippen molar-refractivity contribution < 1.29 is 14.3 Å². The molecular formula is C22H24N2O3. The summed E-state index contributed by atoms with van der Waals surface area (Å²) in [5, 5.41) is 2.96. The summed E-state index contributed by atoms with van der Waals surface area (Å²) in [6.07, 6.45) is 3.40. The first-order valence-electron chi connectivity index (χ1n) is 9.60. The summed E-state index contributed by atoms with van der Waals surface area (Å²) in [5.41, 5.74) is 3.92. The fourth-order valence-corrected chi connectivity index (χ4v) is 3.76. The summed E-state index contributed by atoms with van der Waals surface area (Å²) < 4.78 is 5.55. The van der Waals surface area contributed by atoms with E-state index in [0.29, 0.717) is 26.0 Å². The van der Waals surface area contributed by atoms with Crippen LogP contribution in [-0.4, -0.2) is 31.1 Å². The second kappa shape index (κ2) is 7.92. The Morgan fingerprint density at radius 2 is 2.00 bits per heavy atom. The van der Waals surface area contributed by atoms with Crippen LogP contribution in [0.1, 0.15) is 30.4 Å². The molecule has 2 aromatic rings. The summed E-state index contributed by atoms with van der Waals surface area (Å²) in [6.45, 7) is 1.34. The molecule has 2 heterocycles. The predicted molar refractivity (Wildman–Crippen MR) is 105 cm³/mol. The van der Waals surface area contributed by atoms with Crippen LogP contribution in [0.4, 0.5) is 11.4 Å².